The van der Waals surface area contributed by atoms with Gasteiger partial charge < -0.3 is 25.2 Å². The number of aliphatic carboxylic acids is 1. The van der Waals surface area contributed by atoms with Gasteiger partial charge in [-0.1, -0.05) is 78.9 Å². The number of fused-ring (bicyclic) bond motifs is 3. The van der Waals surface area contributed by atoms with Gasteiger partial charge in [-0.05, 0) is 58.5 Å². The molecule has 5 rings (SSSR count). The number of hydrogen-bond acceptors (Lipinski definition) is 5. The van der Waals surface area contributed by atoms with Crippen LogP contribution in [-0.2, 0) is 20.9 Å². The molecule has 8 heteroatoms. The van der Waals surface area contributed by atoms with Crippen LogP contribution in [0.25, 0.3) is 11.1 Å². The van der Waals surface area contributed by atoms with E-state index in [0.29, 0.717) is 11.5 Å². The molecule has 1 aliphatic carbocycles. The number of carbonyl (C=O) groups excluding carboxylic acids is 2. The van der Waals surface area contributed by atoms with E-state index in [2.05, 4.69) is 10.6 Å². The number of ether oxygens (including phenoxy) is 2. The monoisotopic (exact) mass is 550 g/mol. The lowest BCUT2D eigenvalue weighted by atomic mass is 9.98. The largest absolute Gasteiger partial charge is 0.481 e. The van der Waals surface area contributed by atoms with Crippen molar-refractivity contribution < 1.29 is 29.0 Å². The van der Waals surface area contributed by atoms with Crippen LogP contribution < -0.4 is 15.4 Å². The average molecular weight is 551 g/mol. The number of amides is 2. The minimum absolute atomic E-state index is 0.0742. The van der Waals surface area contributed by atoms with Gasteiger partial charge in [-0.25, -0.2) is 4.79 Å². The standard InChI is InChI=1S/C33H30N2O6/c36-31(37)19-18-30(32(38)34-20-22-14-16-24(17-15-22)41-23-8-2-1-3-9-23)35-33(39)40-21-29-27-12-6-4-10-25(27)26-11-5-7-13-28(26)29/h1-17,29-30H,18-21H2,(H,34,38)(H,35,39)(H,36,37)/t30-/m0/s1. The Bertz CT molecular complexity index is 1480. The maximum absolute atomic E-state index is 13.0. The molecule has 8 nitrogen and oxygen atoms in total. The Labute approximate surface area is 237 Å². The SMILES string of the molecule is O=C(O)CC[C@H](NC(=O)OCC1c2ccccc2-c2ccccc21)C(=O)NCc1ccc(Oc2ccccc2)cc1. The zero-order valence-corrected chi connectivity index (χ0v) is 22.3. The van der Waals surface area contributed by atoms with Gasteiger partial charge in [-0.3, -0.25) is 9.59 Å². The third-order valence-corrected chi connectivity index (χ3v) is 6.97. The maximum atomic E-state index is 13.0. The Morgan fingerprint density at radius 3 is 1.98 bits per heavy atom. The molecule has 0 fully saturated rings. The van der Waals surface area contributed by atoms with E-state index in [4.69, 9.17) is 14.6 Å². The van der Waals surface area contributed by atoms with Crippen LogP contribution in [0.3, 0.4) is 0 Å². The summed E-state index contributed by atoms with van der Waals surface area (Å²) in [5.74, 6) is -0.319. The second-order valence-electron chi connectivity index (χ2n) is 9.73. The molecule has 1 atom stereocenters. The second-order valence-corrected chi connectivity index (χ2v) is 9.73. The van der Waals surface area contributed by atoms with E-state index in [1.165, 1.54) is 0 Å². The topological polar surface area (TPSA) is 114 Å². The number of carbonyl (C=O) groups is 3. The highest BCUT2D eigenvalue weighted by Gasteiger charge is 2.30. The maximum Gasteiger partial charge on any atom is 0.407 e. The molecule has 4 aromatic carbocycles. The van der Waals surface area contributed by atoms with Crippen molar-refractivity contribution in [3.8, 4) is 22.6 Å². The lowest BCUT2D eigenvalue weighted by Crippen LogP contribution is -2.47. The molecular weight excluding hydrogens is 520 g/mol. The molecule has 0 aromatic heterocycles. The Kier molecular flexibility index (Phi) is 8.59. The summed E-state index contributed by atoms with van der Waals surface area (Å²) in [5.41, 5.74) is 5.17. The van der Waals surface area contributed by atoms with E-state index in [-0.39, 0.29) is 31.9 Å². The van der Waals surface area contributed by atoms with Crippen molar-refractivity contribution in [3.63, 3.8) is 0 Å². The number of nitrogens with one attached hydrogen (secondary N) is 2. The minimum Gasteiger partial charge on any atom is -0.481 e. The van der Waals surface area contributed by atoms with Gasteiger partial charge in [0.05, 0.1) is 0 Å². The molecule has 0 bridgehead atoms. The summed E-state index contributed by atoms with van der Waals surface area (Å²) in [4.78, 5) is 36.9. The van der Waals surface area contributed by atoms with Gasteiger partial charge >= 0.3 is 12.1 Å². The normalized spacial score (nSPS) is 12.5. The van der Waals surface area contributed by atoms with Crippen LogP contribution in [0, 0.1) is 0 Å². The van der Waals surface area contributed by atoms with Gasteiger partial charge in [-0.15, -0.1) is 0 Å². The highest BCUT2D eigenvalue weighted by atomic mass is 16.5. The Morgan fingerprint density at radius 1 is 0.756 bits per heavy atom. The van der Waals surface area contributed by atoms with Crippen molar-refractivity contribution in [2.24, 2.45) is 0 Å². The van der Waals surface area contributed by atoms with E-state index in [9.17, 15) is 14.4 Å². The quantitative estimate of drug-likeness (QED) is 0.215. The van der Waals surface area contributed by atoms with Crippen LogP contribution >= 0.6 is 0 Å². The van der Waals surface area contributed by atoms with Crippen molar-refractivity contribution in [2.45, 2.75) is 31.3 Å². The fraction of sp³-hybridized carbons (Fsp3) is 0.182. The first-order chi connectivity index (χ1) is 20.0. The molecule has 4 aromatic rings. The molecule has 0 radical (unpaired) electrons. The van der Waals surface area contributed by atoms with Crippen LogP contribution in [0.15, 0.2) is 103 Å². The van der Waals surface area contributed by atoms with Crippen LogP contribution in [0.2, 0.25) is 0 Å². The fourth-order valence-electron chi connectivity index (χ4n) is 4.93. The predicted octanol–water partition coefficient (Wildman–Crippen LogP) is 5.87. The Morgan fingerprint density at radius 2 is 1.34 bits per heavy atom. The first-order valence-electron chi connectivity index (χ1n) is 13.4. The molecule has 41 heavy (non-hydrogen) atoms. The molecule has 0 saturated carbocycles. The van der Waals surface area contributed by atoms with Crippen molar-refractivity contribution in [2.75, 3.05) is 6.61 Å². The van der Waals surface area contributed by atoms with E-state index in [1.807, 2.05) is 91.0 Å². The van der Waals surface area contributed by atoms with Crippen LogP contribution in [-0.4, -0.2) is 35.7 Å². The van der Waals surface area contributed by atoms with Crippen molar-refractivity contribution >= 4 is 18.0 Å². The molecule has 3 N–H and O–H groups in total. The smallest absolute Gasteiger partial charge is 0.407 e. The number of rotatable bonds is 11. The van der Waals surface area contributed by atoms with E-state index in [1.54, 1.807) is 12.1 Å². The predicted molar refractivity (Wildman–Crippen MR) is 154 cm³/mol. The van der Waals surface area contributed by atoms with Crippen LogP contribution in [0.4, 0.5) is 4.79 Å². The molecule has 0 aliphatic heterocycles. The fourth-order valence-corrected chi connectivity index (χ4v) is 4.93. The highest BCUT2D eigenvalue weighted by Crippen LogP contribution is 2.44. The molecular formula is C33H30N2O6. The number of carboxylic acid groups (broad SMARTS) is 1. The third-order valence-electron chi connectivity index (χ3n) is 6.97. The summed E-state index contributed by atoms with van der Waals surface area (Å²) in [6, 6.07) is 31.6. The van der Waals surface area contributed by atoms with E-state index in [0.717, 1.165) is 27.8 Å². The van der Waals surface area contributed by atoms with Gasteiger partial charge in [0.1, 0.15) is 24.1 Å². The molecule has 0 unspecified atom stereocenters. The Balaban J connectivity index is 1.17. The van der Waals surface area contributed by atoms with Crippen LogP contribution in [0.1, 0.15) is 35.4 Å². The Hall–Kier alpha value is -5.11. The summed E-state index contributed by atoms with van der Waals surface area (Å²) in [6.07, 6.45) is -1.14. The summed E-state index contributed by atoms with van der Waals surface area (Å²) >= 11 is 0. The molecule has 208 valence electrons. The van der Waals surface area contributed by atoms with Crippen molar-refractivity contribution in [1.82, 2.24) is 10.6 Å². The van der Waals surface area contributed by atoms with Gasteiger partial charge in [0.25, 0.3) is 0 Å². The number of carboxylic acids is 1. The van der Waals surface area contributed by atoms with Gasteiger partial charge in [-0.2, -0.15) is 0 Å². The highest BCUT2D eigenvalue weighted by molar-refractivity contribution is 5.86. The van der Waals surface area contributed by atoms with Crippen molar-refractivity contribution in [1.29, 1.82) is 0 Å². The van der Waals surface area contributed by atoms with Gasteiger partial charge in [0.2, 0.25) is 5.91 Å². The molecule has 0 heterocycles. The molecule has 1 aliphatic rings. The number of benzene rings is 4. The van der Waals surface area contributed by atoms with E-state index >= 15 is 0 Å². The first-order valence-corrected chi connectivity index (χ1v) is 13.4. The van der Waals surface area contributed by atoms with Gasteiger partial charge in [0, 0.05) is 18.9 Å². The zero-order valence-electron chi connectivity index (χ0n) is 22.3. The lowest BCUT2D eigenvalue weighted by Gasteiger charge is -2.19. The summed E-state index contributed by atoms with van der Waals surface area (Å²) in [7, 11) is 0. The third kappa shape index (κ3) is 6.91. The van der Waals surface area contributed by atoms with E-state index < -0.39 is 24.0 Å². The number of alkyl carbamates (subject to hydrolysis) is 1. The number of para-hydroxylation sites is 1. The summed E-state index contributed by atoms with van der Waals surface area (Å²) < 4.78 is 11.4. The zero-order chi connectivity index (χ0) is 28.6. The molecule has 2 amide bonds. The molecule has 0 saturated heterocycles. The van der Waals surface area contributed by atoms with Crippen LogP contribution in [0.5, 0.6) is 11.5 Å². The minimum atomic E-state index is -1.07. The average Bonchev–Trinajstić information content (AvgIpc) is 3.31. The number of hydrogen-bond donors (Lipinski definition) is 3. The second kappa shape index (κ2) is 12.8. The van der Waals surface area contributed by atoms with Gasteiger partial charge in [0.15, 0.2) is 0 Å². The van der Waals surface area contributed by atoms with Crippen molar-refractivity contribution in [3.05, 3.63) is 120 Å². The first kappa shape index (κ1) is 27.5. The molecule has 0 spiro atoms. The summed E-state index contributed by atoms with van der Waals surface area (Å²) in [5, 5.41) is 14.5. The summed E-state index contributed by atoms with van der Waals surface area (Å²) in [6.45, 7) is 0.283. The lowest BCUT2D eigenvalue weighted by molar-refractivity contribution is -0.137.